The fraction of sp³-hybridized carbons (Fsp3) is 0.143. The summed E-state index contributed by atoms with van der Waals surface area (Å²) in [7, 11) is 0. The lowest BCUT2D eigenvalue weighted by Gasteiger charge is -2.05. The Hall–Kier alpha value is -1.87. The molecule has 0 unspecified atom stereocenters. The van der Waals surface area contributed by atoms with Crippen molar-refractivity contribution < 1.29 is 4.79 Å². The first kappa shape index (κ1) is 12.6. The first-order chi connectivity index (χ1) is 8.56. The number of rotatable bonds is 3. The van der Waals surface area contributed by atoms with Gasteiger partial charge in [-0.3, -0.25) is 4.79 Å². The van der Waals surface area contributed by atoms with Crippen LogP contribution in [0, 0.1) is 6.92 Å². The maximum Gasteiger partial charge on any atom is 0.170 e. The highest BCUT2D eigenvalue weighted by Crippen LogP contribution is 2.16. The van der Waals surface area contributed by atoms with Gasteiger partial charge in [-0.2, -0.15) is 0 Å². The van der Waals surface area contributed by atoms with Gasteiger partial charge in [0.25, 0.3) is 0 Å². The average Bonchev–Trinajstić information content (AvgIpc) is 2.32. The molecule has 0 aliphatic heterocycles. The summed E-state index contributed by atoms with van der Waals surface area (Å²) in [6.07, 6.45) is 1.92. The number of nitrogen functional groups attached to an aromatic ring is 1. The molecule has 18 heavy (non-hydrogen) atoms. The van der Waals surface area contributed by atoms with E-state index in [0.717, 1.165) is 11.1 Å². The molecule has 0 bridgehead atoms. The summed E-state index contributed by atoms with van der Waals surface area (Å²) in [5.41, 5.74) is 7.97. The van der Waals surface area contributed by atoms with Crippen LogP contribution in [0.5, 0.6) is 0 Å². The van der Waals surface area contributed by atoms with Crippen molar-refractivity contribution in [3.05, 3.63) is 58.2 Å². The van der Waals surface area contributed by atoms with Crippen molar-refractivity contribution in [2.24, 2.45) is 0 Å². The standard InChI is InChI=1S/C14H13ClN2O/c1-9-5-12(14(16)17-8-9)13(18)7-10-3-2-4-11(15)6-10/h2-6,8H,7H2,1H3,(H2,16,17). The molecule has 2 rings (SSSR count). The molecule has 2 aromatic rings. The summed E-state index contributed by atoms with van der Waals surface area (Å²) in [4.78, 5) is 16.1. The molecule has 1 aromatic carbocycles. The number of hydrogen-bond acceptors (Lipinski definition) is 3. The average molecular weight is 261 g/mol. The molecule has 0 atom stereocenters. The van der Waals surface area contributed by atoms with Crippen molar-refractivity contribution in [1.82, 2.24) is 4.98 Å². The van der Waals surface area contributed by atoms with Gasteiger partial charge in [0.05, 0.1) is 5.56 Å². The molecule has 0 saturated heterocycles. The van der Waals surface area contributed by atoms with E-state index >= 15 is 0 Å². The molecule has 0 saturated carbocycles. The van der Waals surface area contributed by atoms with Gasteiger partial charge in [0.1, 0.15) is 5.82 Å². The zero-order valence-corrected chi connectivity index (χ0v) is 10.7. The van der Waals surface area contributed by atoms with Crippen LogP contribution in [0.4, 0.5) is 5.82 Å². The van der Waals surface area contributed by atoms with Crippen LogP contribution in [-0.4, -0.2) is 10.8 Å². The van der Waals surface area contributed by atoms with Gasteiger partial charge >= 0.3 is 0 Å². The Kier molecular flexibility index (Phi) is 3.63. The lowest BCUT2D eigenvalue weighted by molar-refractivity contribution is 0.0993. The second-order valence-electron chi connectivity index (χ2n) is 4.18. The lowest BCUT2D eigenvalue weighted by atomic mass is 10.0. The molecule has 0 aliphatic carbocycles. The Morgan fingerprint density at radius 1 is 1.39 bits per heavy atom. The monoisotopic (exact) mass is 260 g/mol. The molecule has 0 amide bonds. The van der Waals surface area contributed by atoms with Crippen LogP contribution in [0.15, 0.2) is 36.5 Å². The number of carbonyl (C=O) groups excluding carboxylic acids is 1. The molecule has 92 valence electrons. The van der Waals surface area contributed by atoms with Gasteiger partial charge in [-0.25, -0.2) is 4.98 Å². The van der Waals surface area contributed by atoms with Crippen molar-refractivity contribution >= 4 is 23.2 Å². The van der Waals surface area contributed by atoms with Gasteiger partial charge in [0, 0.05) is 17.6 Å². The third-order valence-corrected chi connectivity index (χ3v) is 2.84. The highest BCUT2D eigenvalue weighted by atomic mass is 35.5. The first-order valence-electron chi connectivity index (χ1n) is 5.56. The predicted molar refractivity (Wildman–Crippen MR) is 72.9 cm³/mol. The molecule has 0 spiro atoms. The van der Waals surface area contributed by atoms with Gasteiger partial charge in [-0.05, 0) is 36.2 Å². The summed E-state index contributed by atoms with van der Waals surface area (Å²) in [6, 6.07) is 9.00. The second kappa shape index (κ2) is 5.19. The number of aromatic nitrogens is 1. The van der Waals surface area contributed by atoms with E-state index in [9.17, 15) is 4.79 Å². The molecular weight excluding hydrogens is 248 g/mol. The molecule has 0 radical (unpaired) electrons. The first-order valence-corrected chi connectivity index (χ1v) is 5.94. The zero-order chi connectivity index (χ0) is 13.1. The van der Waals surface area contributed by atoms with E-state index in [1.165, 1.54) is 0 Å². The Morgan fingerprint density at radius 3 is 2.89 bits per heavy atom. The number of benzene rings is 1. The minimum absolute atomic E-state index is 0.0500. The third kappa shape index (κ3) is 2.87. The number of ketones is 1. The van der Waals surface area contributed by atoms with Crippen molar-refractivity contribution in [2.45, 2.75) is 13.3 Å². The summed E-state index contributed by atoms with van der Waals surface area (Å²) in [5.74, 6) is 0.221. The van der Waals surface area contributed by atoms with E-state index in [0.29, 0.717) is 10.6 Å². The number of hydrogen-bond donors (Lipinski definition) is 1. The summed E-state index contributed by atoms with van der Waals surface area (Å²) in [6.45, 7) is 1.88. The van der Waals surface area contributed by atoms with Crippen LogP contribution in [-0.2, 0) is 6.42 Å². The molecule has 0 fully saturated rings. The number of halogens is 1. The summed E-state index contributed by atoms with van der Waals surface area (Å²) >= 11 is 5.88. The number of pyridine rings is 1. The molecule has 3 nitrogen and oxygen atoms in total. The van der Waals surface area contributed by atoms with Gasteiger partial charge in [0.2, 0.25) is 0 Å². The Labute approximate surface area is 111 Å². The number of aryl methyl sites for hydroxylation is 1. The van der Waals surface area contributed by atoms with E-state index in [1.54, 1.807) is 24.4 Å². The molecular formula is C14H13ClN2O. The third-order valence-electron chi connectivity index (χ3n) is 2.61. The van der Waals surface area contributed by atoms with E-state index in [2.05, 4.69) is 4.98 Å². The van der Waals surface area contributed by atoms with E-state index in [1.807, 2.05) is 19.1 Å². The summed E-state index contributed by atoms with van der Waals surface area (Å²) < 4.78 is 0. The van der Waals surface area contributed by atoms with E-state index in [-0.39, 0.29) is 18.0 Å². The maximum atomic E-state index is 12.1. The Bertz CT molecular complexity index is 596. The molecule has 1 heterocycles. The number of Topliss-reactive ketones (excluding diaryl/α,β-unsaturated/α-hetero) is 1. The number of nitrogens with two attached hydrogens (primary N) is 1. The predicted octanol–water partition coefficient (Wildman–Crippen LogP) is 3.05. The van der Waals surface area contributed by atoms with Crippen molar-refractivity contribution in [3.8, 4) is 0 Å². The Balaban J connectivity index is 2.24. The zero-order valence-electron chi connectivity index (χ0n) is 9.98. The highest BCUT2D eigenvalue weighted by Gasteiger charge is 2.12. The smallest absolute Gasteiger partial charge is 0.170 e. The molecule has 4 heteroatoms. The highest BCUT2D eigenvalue weighted by molar-refractivity contribution is 6.30. The fourth-order valence-electron chi connectivity index (χ4n) is 1.73. The van der Waals surface area contributed by atoms with E-state index in [4.69, 9.17) is 17.3 Å². The van der Waals surface area contributed by atoms with Crippen LogP contribution < -0.4 is 5.73 Å². The largest absolute Gasteiger partial charge is 0.383 e. The van der Waals surface area contributed by atoms with Gasteiger partial charge in [-0.1, -0.05) is 23.7 Å². The van der Waals surface area contributed by atoms with Crippen molar-refractivity contribution in [3.63, 3.8) is 0 Å². The second-order valence-corrected chi connectivity index (χ2v) is 4.61. The van der Waals surface area contributed by atoms with Crippen LogP contribution in [0.3, 0.4) is 0 Å². The lowest BCUT2D eigenvalue weighted by Crippen LogP contribution is -2.08. The van der Waals surface area contributed by atoms with Gasteiger partial charge in [-0.15, -0.1) is 0 Å². The SMILES string of the molecule is Cc1cnc(N)c(C(=O)Cc2cccc(Cl)c2)c1. The number of carbonyl (C=O) groups is 1. The van der Waals surface area contributed by atoms with E-state index < -0.39 is 0 Å². The van der Waals surface area contributed by atoms with Crippen LogP contribution in [0.25, 0.3) is 0 Å². The minimum Gasteiger partial charge on any atom is -0.383 e. The minimum atomic E-state index is -0.0500. The number of anilines is 1. The normalized spacial score (nSPS) is 10.3. The van der Waals surface area contributed by atoms with Crippen molar-refractivity contribution in [2.75, 3.05) is 5.73 Å². The molecule has 1 aromatic heterocycles. The quantitative estimate of drug-likeness (QED) is 0.863. The van der Waals surface area contributed by atoms with Crippen LogP contribution in [0.2, 0.25) is 5.02 Å². The van der Waals surface area contributed by atoms with Crippen molar-refractivity contribution in [1.29, 1.82) is 0 Å². The summed E-state index contributed by atoms with van der Waals surface area (Å²) in [5, 5.41) is 0.621. The maximum absolute atomic E-state index is 12.1. The van der Waals surface area contributed by atoms with Crippen LogP contribution in [0.1, 0.15) is 21.5 Å². The number of nitrogens with zero attached hydrogens (tertiary/aromatic N) is 1. The van der Waals surface area contributed by atoms with Crippen LogP contribution >= 0.6 is 11.6 Å². The molecule has 0 aliphatic rings. The molecule has 2 N–H and O–H groups in total. The van der Waals surface area contributed by atoms with Gasteiger partial charge in [0.15, 0.2) is 5.78 Å². The fourth-order valence-corrected chi connectivity index (χ4v) is 1.94. The Morgan fingerprint density at radius 2 is 2.17 bits per heavy atom. The van der Waals surface area contributed by atoms with Gasteiger partial charge < -0.3 is 5.73 Å². The topological polar surface area (TPSA) is 56.0 Å².